The third kappa shape index (κ3) is 5.60. The van der Waals surface area contributed by atoms with E-state index in [4.69, 9.17) is 9.47 Å². The Kier molecular flexibility index (Phi) is 8.24. The van der Waals surface area contributed by atoms with Crippen LogP contribution in [0.25, 0.3) is 0 Å². The fraction of sp³-hybridized carbons (Fsp3) is 0.529. The maximum atomic E-state index is 5.89. The van der Waals surface area contributed by atoms with E-state index in [0.29, 0.717) is 0 Å². The molecule has 1 atom stereocenters. The Morgan fingerprint density at radius 3 is 2.90 bits per heavy atom. The van der Waals surface area contributed by atoms with E-state index in [0.717, 1.165) is 50.0 Å². The lowest BCUT2D eigenvalue weighted by Crippen LogP contribution is -2.30. The van der Waals surface area contributed by atoms with Crippen molar-refractivity contribution in [2.45, 2.75) is 25.7 Å². The summed E-state index contributed by atoms with van der Waals surface area (Å²) in [5, 5.41) is 3.44. The van der Waals surface area contributed by atoms with E-state index in [2.05, 4.69) is 18.0 Å². The predicted octanol–water partition coefficient (Wildman–Crippen LogP) is 3.61. The summed E-state index contributed by atoms with van der Waals surface area (Å²) in [6.07, 6.45) is 6.44. The van der Waals surface area contributed by atoms with Crippen LogP contribution in [0, 0.1) is 5.92 Å². The Morgan fingerprint density at radius 2 is 2.24 bits per heavy atom. The molecule has 0 spiro atoms. The van der Waals surface area contributed by atoms with Crippen LogP contribution in [0.3, 0.4) is 0 Å². The average molecular weight is 312 g/mol. The first-order valence-electron chi connectivity index (χ1n) is 7.45. The van der Waals surface area contributed by atoms with Gasteiger partial charge in [0.05, 0.1) is 13.7 Å². The molecule has 118 valence electrons. The molecule has 1 aromatic rings. The van der Waals surface area contributed by atoms with Crippen LogP contribution in [-0.4, -0.2) is 26.8 Å². The molecule has 3 nitrogen and oxygen atoms in total. The zero-order valence-corrected chi connectivity index (χ0v) is 13.6. The maximum Gasteiger partial charge on any atom is 0.161 e. The minimum absolute atomic E-state index is 0. The largest absolute Gasteiger partial charge is 0.493 e. The normalized spacial score (nSPS) is 17.7. The molecule has 2 rings (SSSR count). The van der Waals surface area contributed by atoms with Crippen molar-refractivity contribution in [3.8, 4) is 11.5 Å². The zero-order valence-electron chi connectivity index (χ0n) is 12.8. The molecular weight excluding hydrogens is 286 g/mol. The smallest absolute Gasteiger partial charge is 0.161 e. The highest BCUT2D eigenvalue weighted by Crippen LogP contribution is 2.29. The van der Waals surface area contributed by atoms with Gasteiger partial charge in [-0.05, 0) is 62.4 Å². The van der Waals surface area contributed by atoms with Gasteiger partial charge in [-0.3, -0.25) is 0 Å². The van der Waals surface area contributed by atoms with Gasteiger partial charge in [-0.15, -0.1) is 19.0 Å². The van der Waals surface area contributed by atoms with Crippen LogP contribution >= 0.6 is 12.4 Å². The molecule has 0 aromatic heterocycles. The quantitative estimate of drug-likeness (QED) is 0.780. The number of piperidine rings is 1. The summed E-state index contributed by atoms with van der Waals surface area (Å²) in [4.78, 5) is 0. The van der Waals surface area contributed by atoms with Crippen molar-refractivity contribution in [3.05, 3.63) is 36.4 Å². The van der Waals surface area contributed by atoms with Crippen molar-refractivity contribution in [1.29, 1.82) is 0 Å². The summed E-state index contributed by atoms with van der Waals surface area (Å²) in [7, 11) is 1.69. The lowest BCUT2D eigenvalue weighted by molar-refractivity contribution is 0.245. The highest BCUT2D eigenvalue weighted by atomic mass is 35.5. The number of hydrogen-bond acceptors (Lipinski definition) is 3. The number of hydrogen-bond donors (Lipinski definition) is 1. The SMILES string of the molecule is C=CCc1ccc(OCCC2CCCNC2)c(OC)c1.Cl. The van der Waals surface area contributed by atoms with Gasteiger partial charge in [0.1, 0.15) is 0 Å². The Labute approximate surface area is 134 Å². The van der Waals surface area contributed by atoms with Crippen LogP contribution in [0.1, 0.15) is 24.8 Å². The number of rotatable bonds is 7. The van der Waals surface area contributed by atoms with E-state index < -0.39 is 0 Å². The Balaban J connectivity index is 0.00000220. The number of nitrogens with one attached hydrogen (secondary N) is 1. The molecule has 1 unspecified atom stereocenters. The van der Waals surface area contributed by atoms with E-state index in [1.165, 1.54) is 18.4 Å². The third-order valence-electron chi connectivity index (χ3n) is 3.79. The minimum atomic E-state index is 0. The first kappa shape index (κ1) is 17.9. The van der Waals surface area contributed by atoms with Gasteiger partial charge in [-0.25, -0.2) is 0 Å². The fourth-order valence-corrected chi connectivity index (χ4v) is 2.63. The summed E-state index contributed by atoms with van der Waals surface area (Å²) in [5.74, 6) is 2.39. The topological polar surface area (TPSA) is 30.5 Å². The van der Waals surface area contributed by atoms with Crippen LogP contribution in [-0.2, 0) is 6.42 Å². The lowest BCUT2D eigenvalue weighted by Gasteiger charge is -2.22. The van der Waals surface area contributed by atoms with Gasteiger partial charge in [0.25, 0.3) is 0 Å². The molecule has 1 fully saturated rings. The molecular formula is C17H26ClNO2. The van der Waals surface area contributed by atoms with Gasteiger partial charge in [-0.2, -0.15) is 0 Å². The predicted molar refractivity (Wildman–Crippen MR) is 89.8 cm³/mol. The number of benzene rings is 1. The monoisotopic (exact) mass is 311 g/mol. The molecule has 0 amide bonds. The van der Waals surface area contributed by atoms with E-state index in [1.54, 1.807) is 7.11 Å². The maximum absolute atomic E-state index is 5.89. The highest BCUT2D eigenvalue weighted by molar-refractivity contribution is 5.85. The fourth-order valence-electron chi connectivity index (χ4n) is 2.63. The summed E-state index contributed by atoms with van der Waals surface area (Å²) in [5.41, 5.74) is 1.20. The molecule has 1 N–H and O–H groups in total. The standard InChI is InChI=1S/C17H25NO2.ClH/c1-3-5-14-7-8-16(17(12-14)19-2)20-11-9-15-6-4-10-18-13-15;/h3,7-8,12,15,18H,1,4-6,9-11,13H2,2H3;1H. The molecule has 1 aliphatic heterocycles. The second-order valence-corrected chi connectivity index (χ2v) is 5.33. The van der Waals surface area contributed by atoms with Gasteiger partial charge in [0, 0.05) is 0 Å². The first-order chi connectivity index (χ1) is 9.83. The molecule has 0 bridgehead atoms. The first-order valence-corrected chi connectivity index (χ1v) is 7.45. The Morgan fingerprint density at radius 1 is 1.38 bits per heavy atom. The molecule has 4 heteroatoms. The van der Waals surface area contributed by atoms with E-state index in [1.807, 2.05) is 18.2 Å². The van der Waals surface area contributed by atoms with Crippen molar-refractivity contribution in [2.24, 2.45) is 5.92 Å². The van der Waals surface area contributed by atoms with Gasteiger partial charge >= 0.3 is 0 Å². The molecule has 1 aromatic carbocycles. The second-order valence-electron chi connectivity index (χ2n) is 5.33. The van der Waals surface area contributed by atoms with Crippen LogP contribution in [0.5, 0.6) is 11.5 Å². The summed E-state index contributed by atoms with van der Waals surface area (Å²) in [6.45, 7) is 6.80. The van der Waals surface area contributed by atoms with Gasteiger partial charge < -0.3 is 14.8 Å². The summed E-state index contributed by atoms with van der Waals surface area (Å²) in [6, 6.07) is 6.09. The van der Waals surface area contributed by atoms with Gasteiger partial charge in [0.15, 0.2) is 11.5 Å². The average Bonchev–Trinajstić information content (AvgIpc) is 2.50. The van der Waals surface area contributed by atoms with Crippen molar-refractivity contribution in [2.75, 3.05) is 26.8 Å². The lowest BCUT2D eigenvalue weighted by atomic mass is 9.97. The van der Waals surface area contributed by atoms with E-state index >= 15 is 0 Å². The van der Waals surface area contributed by atoms with E-state index in [-0.39, 0.29) is 12.4 Å². The molecule has 0 aliphatic carbocycles. The van der Waals surface area contributed by atoms with Crippen LogP contribution in [0.4, 0.5) is 0 Å². The summed E-state index contributed by atoms with van der Waals surface area (Å²) >= 11 is 0. The van der Waals surface area contributed by atoms with Gasteiger partial charge in [-0.1, -0.05) is 12.1 Å². The number of allylic oxidation sites excluding steroid dienone is 1. The van der Waals surface area contributed by atoms with E-state index in [9.17, 15) is 0 Å². The van der Waals surface area contributed by atoms with Crippen molar-refractivity contribution in [1.82, 2.24) is 5.32 Å². The number of methoxy groups -OCH3 is 1. The number of halogens is 1. The van der Waals surface area contributed by atoms with Crippen molar-refractivity contribution < 1.29 is 9.47 Å². The highest BCUT2D eigenvalue weighted by Gasteiger charge is 2.13. The molecule has 1 aliphatic rings. The zero-order chi connectivity index (χ0) is 14.2. The Hall–Kier alpha value is -1.19. The second kappa shape index (κ2) is 9.69. The molecule has 1 saturated heterocycles. The summed E-state index contributed by atoms with van der Waals surface area (Å²) < 4.78 is 11.3. The van der Waals surface area contributed by atoms with Crippen LogP contribution in [0.2, 0.25) is 0 Å². The molecule has 1 heterocycles. The van der Waals surface area contributed by atoms with Crippen molar-refractivity contribution in [3.63, 3.8) is 0 Å². The number of ether oxygens (including phenoxy) is 2. The van der Waals surface area contributed by atoms with Gasteiger partial charge in [0.2, 0.25) is 0 Å². The van der Waals surface area contributed by atoms with Crippen LogP contribution < -0.4 is 14.8 Å². The molecule has 21 heavy (non-hydrogen) atoms. The minimum Gasteiger partial charge on any atom is -0.493 e. The molecule has 0 saturated carbocycles. The van der Waals surface area contributed by atoms with Crippen molar-refractivity contribution >= 4 is 12.4 Å². The third-order valence-corrected chi connectivity index (χ3v) is 3.79. The van der Waals surface area contributed by atoms with Crippen LogP contribution in [0.15, 0.2) is 30.9 Å². The Bertz CT molecular complexity index is 431. The molecule has 0 radical (unpaired) electrons.